The number of benzene rings is 3. The van der Waals surface area contributed by atoms with E-state index < -0.39 is 28.5 Å². The summed E-state index contributed by atoms with van der Waals surface area (Å²) in [5.41, 5.74) is 1.90. The van der Waals surface area contributed by atoms with Gasteiger partial charge >= 0.3 is 0 Å². The molecule has 0 spiro atoms. The van der Waals surface area contributed by atoms with Crippen LogP contribution in [0.1, 0.15) is 38.3 Å². The Hall–Kier alpha value is -3.56. The van der Waals surface area contributed by atoms with Crippen LogP contribution >= 0.6 is 11.6 Å². The van der Waals surface area contributed by atoms with Gasteiger partial charge in [0.2, 0.25) is 11.8 Å². The maximum atomic E-state index is 14.0. The molecule has 2 amide bonds. The molecule has 0 saturated carbocycles. The first-order chi connectivity index (χ1) is 19.0. The van der Waals surface area contributed by atoms with E-state index in [1.165, 1.54) is 24.1 Å². The highest BCUT2D eigenvalue weighted by molar-refractivity contribution is 7.92. The molecule has 0 aliphatic rings. The first-order valence-corrected chi connectivity index (χ1v) is 14.9. The molecule has 2 atom stereocenters. The van der Waals surface area contributed by atoms with E-state index in [1.807, 2.05) is 20.8 Å². The Kier molecular flexibility index (Phi) is 10.6. The molecule has 10 heteroatoms. The number of nitrogens with one attached hydrogen (secondary N) is 1. The summed E-state index contributed by atoms with van der Waals surface area (Å²) in [7, 11) is -2.67. The van der Waals surface area contributed by atoms with Crippen molar-refractivity contribution in [2.75, 3.05) is 18.0 Å². The van der Waals surface area contributed by atoms with E-state index in [-0.39, 0.29) is 23.4 Å². The Morgan fingerprint density at radius 3 is 2.17 bits per heavy atom. The number of hydrogen-bond donors (Lipinski definition) is 1. The molecule has 8 nitrogen and oxygen atoms in total. The Balaban J connectivity index is 2.03. The summed E-state index contributed by atoms with van der Waals surface area (Å²) in [5, 5.41) is 3.35. The summed E-state index contributed by atoms with van der Waals surface area (Å²) in [4.78, 5) is 28.5. The second-order valence-electron chi connectivity index (χ2n) is 9.63. The SMILES string of the molecule is CC[C@H](C)NC(=O)[C@H](C)N(Cc1ccccc1Cl)C(=O)CN(c1ccc(C)cc1)S(=O)(=O)c1ccc(OC)cc1. The summed E-state index contributed by atoms with van der Waals surface area (Å²) in [6, 6.07) is 18.9. The van der Waals surface area contributed by atoms with Gasteiger partial charge in [0.15, 0.2) is 0 Å². The minimum atomic E-state index is -4.17. The summed E-state index contributed by atoms with van der Waals surface area (Å²) >= 11 is 6.40. The average Bonchev–Trinajstić information content (AvgIpc) is 2.95. The second kappa shape index (κ2) is 13.7. The Morgan fingerprint density at radius 2 is 1.60 bits per heavy atom. The first-order valence-electron chi connectivity index (χ1n) is 13.0. The predicted molar refractivity (Wildman–Crippen MR) is 158 cm³/mol. The number of hydrogen-bond acceptors (Lipinski definition) is 5. The van der Waals surface area contributed by atoms with Crippen LogP contribution in [0.2, 0.25) is 5.02 Å². The Bertz CT molecular complexity index is 1410. The van der Waals surface area contributed by atoms with Gasteiger partial charge in [-0.3, -0.25) is 13.9 Å². The molecule has 0 radical (unpaired) electrons. The lowest BCUT2D eigenvalue weighted by Crippen LogP contribution is -2.52. The highest BCUT2D eigenvalue weighted by atomic mass is 35.5. The summed E-state index contributed by atoms with van der Waals surface area (Å²) in [6.07, 6.45) is 0.720. The maximum Gasteiger partial charge on any atom is 0.264 e. The standard InChI is InChI=1S/C30H36ClN3O5S/c1-6-22(3)32-30(36)23(4)33(19-24-9-7-8-10-28(24)31)29(35)20-34(25-13-11-21(2)12-14-25)40(37,38)27-17-15-26(39-5)16-18-27/h7-18,22-23H,6,19-20H2,1-5H3,(H,32,36)/t22-,23-/m0/s1. The fraction of sp³-hybridized carbons (Fsp3) is 0.333. The number of halogens is 1. The van der Waals surface area contributed by atoms with E-state index in [0.29, 0.717) is 22.0 Å². The van der Waals surface area contributed by atoms with Crippen molar-refractivity contribution >= 4 is 39.1 Å². The molecular weight excluding hydrogens is 550 g/mol. The number of rotatable bonds is 12. The van der Waals surface area contributed by atoms with E-state index in [2.05, 4.69) is 5.32 Å². The minimum absolute atomic E-state index is 0.00175. The fourth-order valence-electron chi connectivity index (χ4n) is 3.97. The van der Waals surface area contributed by atoms with Gasteiger partial charge in [0, 0.05) is 17.6 Å². The smallest absolute Gasteiger partial charge is 0.264 e. The van der Waals surface area contributed by atoms with Gasteiger partial charge in [-0.2, -0.15) is 0 Å². The molecule has 0 aromatic heterocycles. The average molecular weight is 586 g/mol. The quantitative estimate of drug-likeness (QED) is 0.316. The largest absolute Gasteiger partial charge is 0.497 e. The van der Waals surface area contributed by atoms with Gasteiger partial charge in [-0.05, 0) is 75.2 Å². The molecule has 3 rings (SSSR count). The van der Waals surface area contributed by atoms with E-state index in [4.69, 9.17) is 16.3 Å². The highest BCUT2D eigenvalue weighted by Gasteiger charge is 2.33. The molecule has 3 aromatic rings. The van der Waals surface area contributed by atoms with Crippen LogP contribution in [0.5, 0.6) is 5.75 Å². The molecule has 0 aliphatic heterocycles. The van der Waals surface area contributed by atoms with Crippen LogP contribution < -0.4 is 14.4 Å². The number of anilines is 1. The topological polar surface area (TPSA) is 96.0 Å². The van der Waals surface area contributed by atoms with E-state index in [1.54, 1.807) is 67.6 Å². The Labute approximate surface area is 241 Å². The van der Waals surface area contributed by atoms with Crippen LogP contribution in [0.4, 0.5) is 5.69 Å². The van der Waals surface area contributed by atoms with Gasteiger partial charge in [-0.25, -0.2) is 8.42 Å². The lowest BCUT2D eigenvalue weighted by atomic mass is 10.1. The van der Waals surface area contributed by atoms with E-state index in [0.717, 1.165) is 16.3 Å². The van der Waals surface area contributed by atoms with Gasteiger partial charge in [-0.15, -0.1) is 0 Å². The van der Waals surface area contributed by atoms with Crippen molar-refractivity contribution in [3.05, 3.63) is 88.9 Å². The van der Waals surface area contributed by atoms with Gasteiger partial charge in [0.25, 0.3) is 10.0 Å². The third-order valence-corrected chi connectivity index (χ3v) is 8.87. The van der Waals surface area contributed by atoms with E-state index >= 15 is 0 Å². The third kappa shape index (κ3) is 7.55. The number of carbonyl (C=O) groups is 2. The van der Waals surface area contributed by atoms with Crippen molar-refractivity contribution in [3.63, 3.8) is 0 Å². The molecule has 0 aliphatic carbocycles. The van der Waals surface area contributed by atoms with Gasteiger partial charge in [0.1, 0.15) is 18.3 Å². The summed E-state index contributed by atoms with van der Waals surface area (Å²) in [6.45, 7) is 6.85. The highest BCUT2D eigenvalue weighted by Crippen LogP contribution is 2.27. The normalized spacial score (nSPS) is 12.8. The summed E-state index contributed by atoms with van der Waals surface area (Å²) in [5.74, 6) is -0.386. The number of carbonyl (C=O) groups excluding carboxylic acids is 2. The third-order valence-electron chi connectivity index (χ3n) is 6.72. The minimum Gasteiger partial charge on any atom is -0.497 e. The molecule has 0 saturated heterocycles. The number of methoxy groups -OCH3 is 1. The monoisotopic (exact) mass is 585 g/mol. The molecule has 40 heavy (non-hydrogen) atoms. The first kappa shape index (κ1) is 31.0. The molecule has 0 bridgehead atoms. The van der Waals surface area contributed by atoms with Crippen LogP contribution in [0.15, 0.2) is 77.7 Å². The van der Waals surface area contributed by atoms with Crippen molar-refractivity contribution in [3.8, 4) is 5.75 Å². The molecule has 214 valence electrons. The van der Waals surface area contributed by atoms with Crippen LogP contribution in [0.25, 0.3) is 0 Å². The second-order valence-corrected chi connectivity index (χ2v) is 11.9. The van der Waals surface area contributed by atoms with Crippen LogP contribution in [-0.2, 0) is 26.2 Å². The van der Waals surface area contributed by atoms with Crippen molar-refractivity contribution < 1.29 is 22.7 Å². The molecule has 0 heterocycles. The number of amides is 2. The lowest BCUT2D eigenvalue weighted by molar-refractivity contribution is -0.139. The van der Waals surface area contributed by atoms with Crippen LogP contribution in [-0.4, -0.2) is 50.9 Å². The number of nitrogens with zero attached hydrogens (tertiary/aromatic N) is 2. The fourth-order valence-corrected chi connectivity index (χ4v) is 5.58. The van der Waals surface area contributed by atoms with Gasteiger partial charge < -0.3 is 15.0 Å². The Morgan fingerprint density at radius 1 is 0.975 bits per heavy atom. The number of sulfonamides is 1. The van der Waals surface area contributed by atoms with Crippen LogP contribution in [0.3, 0.4) is 0 Å². The molecule has 3 aromatic carbocycles. The summed E-state index contributed by atoms with van der Waals surface area (Å²) < 4.78 is 34.0. The molecular formula is C30H36ClN3O5S. The van der Waals surface area contributed by atoms with Crippen molar-refractivity contribution in [1.82, 2.24) is 10.2 Å². The van der Waals surface area contributed by atoms with Crippen molar-refractivity contribution in [1.29, 1.82) is 0 Å². The lowest BCUT2D eigenvalue weighted by Gasteiger charge is -2.32. The maximum absolute atomic E-state index is 14.0. The van der Waals surface area contributed by atoms with Crippen molar-refractivity contribution in [2.24, 2.45) is 0 Å². The number of ether oxygens (including phenoxy) is 1. The van der Waals surface area contributed by atoms with E-state index in [9.17, 15) is 18.0 Å². The molecule has 0 unspecified atom stereocenters. The zero-order chi connectivity index (χ0) is 29.4. The molecule has 0 fully saturated rings. The van der Waals surface area contributed by atoms with Gasteiger partial charge in [0.05, 0.1) is 17.7 Å². The zero-order valence-electron chi connectivity index (χ0n) is 23.4. The predicted octanol–water partition coefficient (Wildman–Crippen LogP) is 5.18. The number of aryl methyl sites for hydroxylation is 1. The van der Waals surface area contributed by atoms with Crippen LogP contribution in [0, 0.1) is 6.92 Å². The molecule has 1 N–H and O–H groups in total. The van der Waals surface area contributed by atoms with Crippen molar-refractivity contribution in [2.45, 2.75) is 57.6 Å². The zero-order valence-corrected chi connectivity index (χ0v) is 25.0. The van der Waals surface area contributed by atoms with Gasteiger partial charge in [-0.1, -0.05) is 54.4 Å².